The third-order valence-corrected chi connectivity index (χ3v) is 8.99. The van der Waals surface area contributed by atoms with Crippen LogP contribution in [0.3, 0.4) is 0 Å². The molecule has 34 heavy (non-hydrogen) atoms. The van der Waals surface area contributed by atoms with Gasteiger partial charge < -0.3 is 9.47 Å². The van der Waals surface area contributed by atoms with Crippen molar-refractivity contribution in [3.63, 3.8) is 0 Å². The van der Waals surface area contributed by atoms with Crippen LogP contribution in [0.15, 0.2) is 61.2 Å². The molecular weight excluding hydrogens is 453 g/mol. The molecule has 1 aliphatic heterocycles. The number of benzene rings is 2. The summed E-state index contributed by atoms with van der Waals surface area (Å²) in [5.74, 6) is -0.376. The molecule has 0 N–H and O–H groups in total. The summed E-state index contributed by atoms with van der Waals surface area (Å²) in [5.41, 5.74) is 1.98. The summed E-state index contributed by atoms with van der Waals surface area (Å²) in [5, 5.41) is 7.03. The SMILES string of the molecule is CCN(CCCn1cnnc1)c1ccc(CN2C(C)CCC(c3ccccc3)S2(=O)=O)c(F)c1. The van der Waals surface area contributed by atoms with Gasteiger partial charge in [-0.15, -0.1) is 10.2 Å². The van der Waals surface area contributed by atoms with Crippen LogP contribution in [0.25, 0.3) is 0 Å². The standard InChI is InChI=1S/C25H32FN5O2S/c1-3-30(15-7-14-29-18-27-28-19-29)23-12-11-22(24(26)16-23)17-31-20(2)10-13-25(34(31,32)33)21-8-5-4-6-9-21/h4-6,8-9,11-12,16,18-20,25H,3,7,10,13-15,17H2,1-2H3. The average Bonchev–Trinajstić information content (AvgIpc) is 3.34. The van der Waals surface area contributed by atoms with E-state index in [1.165, 1.54) is 10.4 Å². The van der Waals surface area contributed by atoms with Crippen LogP contribution >= 0.6 is 0 Å². The molecule has 2 unspecified atom stereocenters. The van der Waals surface area contributed by atoms with Gasteiger partial charge in [-0.1, -0.05) is 36.4 Å². The van der Waals surface area contributed by atoms with Crippen LogP contribution in [0.2, 0.25) is 0 Å². The van der Waals surface area contributed by atoms with E-state index in [4.69, 9.17) is 0 Å². The number of nitrogens with zero attached hydrogens (tertiary/aromatic N) is 5. The zero-order valence-corrected chi connectivity index (χ0v) is 20.5. The predicted molar refractivity (Wildman–Crippen MR) is 131 cm³/mol. The van der Waals surface area contributed by atoms with Crippen molar-refractivity contribution in [1.82, 2.24) is 19.1 Å². The minimum atomic E-state index is -3.60. The highest BCUT2D eigenvalue weighted by Crippen LogP contribution is 2.38. The zero-order valence-electron chi connectivity index (χ0n) is 19.7. The van der Waals surface area contributed by atoms with Gasteiger partial charge in [-0.25, -0.2) is 12.8 Å². The van der Waals surface area contributed by atoms with E-state index < -0.39 is 15.3 Å². The number of aryl methyl sites for hydroxylation is 1. The van der Waals surface area contributed by atoms with E-state index >= 15 is 4.39 Å². The Morgan fingerprint density at radius 2 is 1.82 bits per heavy atom. The lowest BCUT2D eigenvalue weighted by atomic mass is 10.0. The number of rotatable bonds is 9. The minimum absolute atomic E-state index is 0.0404. The first-order valence-corrected chi connectivity index (χ1v) is 13.3. The van der Waals surface area contributed by atoms with Crippen molar-refractivity contribution in [2.45, 2.75) is 57.5 Å². The number of sulfonamides is 1. The monoisotopic (exact) mass is 485 g/mol. The molecule has 2 aromatic carbocycles. The van der Waals surface area contributed by atoms with E-state index in [1.54, 1.807) is 18.7 Å². The molecule has 0 amide bonds. The van der Waals surface area contributed by atoms with E-state index in [1.807, 2.05) is 54.8 Å². The lowest BCUT2D eigenvalue weighted by Gasteiger charge is -2.37. The first-order valence-electron chi connectivity index (χ1n) is 11.8. The van der Waals surface area contributed by atoms with Crippen LogP contribution in [0.5, 0.6) is 0 Å². The zero-order chi connectivity index (χ0) is 24.1. The van der Waals surface area contributed by atoms with Gasteiger partial charge in [0.15, 0.2) is 0 Å². The van der Waals surface area contributed by atoms with Crippen LogP contribution in [0.1, 0.15) is 49.5 Å². The molecule has 0 saturated carbocycles. The van der Waals surface area contributed by atoms with Crippen molar-refractivity contribution in [3.8, 4) is 0 Å². The van der Waals surface area contributed by atoms with Crippen molar-refractivity contribution >= 4 is 15.7 Å². The number of halogens is 1. The highest BCUT2D eigenvalue weighted by molar-refractivity contribution is 7.89. The van der Waals surface area contributed by atoms with E-state index in [9.17, 15) is 8.42 Å². The van der Waals surface area contributed by atoms with Crippen molar-refractivity contribution in [1.29, 1.82) is 0 Å². The van der Waals surface area contributed by atoms with E-state index in [0.717, 1.165) is 43.7 Å². The highest BCUT2D eigenvalue weighted by Gasteiger charge is 2.40. The van der Waals surface area contributed by atoms with Crippen molar-refractivity contribution in [3.05, 3.63) is 78.1 Å². The maximum Gasteiger partial charge on any atom is 0.221 e. The summed E-state index contributed by atoms with van der Waals surface area (Å²) in [6, 6.07) is 14.3. The van der Waals surface area contributed by atoms with Gasteiger partial charge in [0.25, 0.3) is 0 Å². The highest BCUT2D eigenvalue weighted by atomic mass is 32.2. The summed E-state index contributed by atoms with van der Waals surface area (Å²) in [6.45, 7) is 6.28. The van der Waals surface area contributed by atoms with Crippen molar-refractivity contribution in [2.75, 3.05) is 18.0 Å². The molecule has 1 aliphatic rings. The Bertz CT molecular complexity index is 1170. The van der Waals surface area contributed by atoms with Gasteiger partial charge in [0.05, 0.1) is 0 Å². The predicted octanol–water partition coefficient (Wildman–Crippen LogP) is 4.39. The second kappa shape index (κ2) is 10.7. The third-order valence-electron chi connectivity index (χ3n) is 6.62. The quantitative estimate of drug-likeness (QED) is 0.450. The fourth-order valence-corrected chi connectivity index (χ4v) is 6.82. The summed E-state index contributed by atoms with van der Waals surface area (Å²) in [6.07, 6.45) is 5.56. The summed E-state index contributed by atoms with van der Waals surface area (Å²) < 4.78 is 45.5. The molecule has 1 fully saturated rings. The molecule has 4 rings (SSSR count). The first kappa shape index (κ1) is 24.3. The molecule has 2 heterocycles. The summed E-state index contributed by atoms with van der Waals surface area (Å²) >= 11 is 0. The van der Waals surface area contributed by atoms with Crippen LogP contribution in [-0.4, -0.2) is 46.6 Å². The molecule has 0 radical (unpaired) electrons. The van der Waals surface area contributed by atoms with Crippen LogP contribution in [0.4, 0.5) is 10.1 Å². The Morgan fingerprint density at radius 1 is 1.09 bits per heavy atom. The topological polar surface area (TPSA) is 71.3 Å². The Morgan fingerprint density at radius 3 is 2.50 bits per heavy atom. The third kappa shape index (κ3) is 5.31. The molecule has 0 aliphatic carbocycles. The molecule has 0 bridgehead atoms. The molecule has 1 saturated heterocycles. The van der Waals surface area contributed by atoms with Gasteiger partial charge in [0, 0.05) is 43.5 Å². The molecule has 0 spiro atoms. The Hall–Kier alpha value is -2.78. The van der Waals surface area contributed by atoms with Crippen LogP contribution in [0, 0.1) is 5.82 Å². The molecule has 1 aromatic heterocycles. The molecule has 182 valence electrons. The number of hydrogen-bond donors (Lipinski definition) is 0. The van der Waals surface area contributed by atoms with E-state index in [2.05, 4.69) is 15.1 Å². The van der Waals surface area contributed by atoms with Crippen molar-refractivity contribution < 1.29 is 12.8 Å². The van der Waals surface area contributed by atoms with E-state index in [0.29, 0.717) is 12.0 Å². The summed E-state index contributed by atoms with van der Waals surface area (Å²) in [7, 11) is -3.60. The molecule has 3 aromatic rings. The van der Waals surface area contributed by atoms with E-state index in [-0.39, 0.29) is 18.4 Å². The van der Waals surface area contributed by atoms with Crippen LogP contribution in [-0.2, 0) is 23.1 Å². The Labute approximate surface area is 201 Å². The lowest BCUT2D eigenvalue weighted by Crippen LogP contribution is -2.44. The fraction of sp³-hybridized carbons (Fsp3) is 0.440. The lowest BCUT2D eigenvalue weighted by molar-refractivity contribution is 0.279. The minimum Gasteiger partial charge on any atom is -0.372 e. The van der Waals surface area contributed by atoms with Gasteiger partial charge in [-0.05, 0) is 50.8 Å². The van der Waals surface area contributed by atoms with Crippen molar-refractivity contribution in [2.24, 2.45) is 0 Å². The van der Waals surface area contributed by atoms with Gasteiger partial charge in [-0.2, -0.15) is 4.31 Å². The molecule has 7 nitrogen and oxygen atoms in total. The Kier molecular flexibility index (Phi) is 7.63. The molecule has 9 heteroatoms. The van der Waals surface area contributed by atoms with Gasteiger partial charge in [-0.3, -0.25) is 0 Å². The fourth-order valence-electron chi connectivity index (χ4n) is 4.63. The smallest absolute Gasteiger partial charge is 0.221 e. The maximum atomic E-state index is 15.2. The number of anilines is 1. The molecular formula is C25H32FN5O2S. The van der Waals surface area contributed by atoms with Crippen LogP contribution < -0.4 is 4.90 Å². The normalized spacial score (nSPS) is 20.3. The van der Waals surface area contributed by atoms with Gasteiger partial charge >= 0.3 is 0 Å². The maximum absolute atomic E-state index is 15.2. The first-order chi connectivity index (χ1) is 16.4. The largest absolute Gasteiger partial charge is 0.372 e. The number of aromatic nitrogens is 3. The second-order valence-corrected chi connectivity index (χ2v) is 10.9. The Balaban J connectivity index is 1.47. The average molecular weight is 486 g/mol. The molecule has 2 atom stereocenters. The summed E-state index contributed by atoms with van der Waals surface area (Å²) in [4.78, 5) is 2.11. The number of hydrogen-bond acceptors (Lipinski definition) is 5. The van der Waals surface area contributed by atoms with Gasteiger partial charge in [0.2, 0.25) is 10.0 Å². The van der Waals surface area contributed by atoms with Gasteiger partial charge in [0.1, 0.15) is 23.7 Å². The second-order valence-electron chi connectivity index (χ2n) is 8.82.